The van der Waals surface area contributed by atoms with Crippen LogP contribution < -0.4 is 16.6 Å². The first kappa shape index (κ1) is 31.6. The van der Waals surface area contributed by atoms with Crippen molar-refractivity contribution in [1.29, 1.82) is 0 Å². The molecule has 2 fully saturated rings. The highest BCUT2D eigenvalue weighted by atomic mass is 19.1. The number of carbonyl (C=O) groups excluding carboxylic acids is 1. The van der Waals surface area contributed by atoms with Gasteiger partial charge in [-0.05, 0) is 81.3 Å². The molecule has 1 aliphatic carbocycles. The highest BCUT2D eigenvalue weighted by molar-refractivity contribution is 5.77. The van der Waals surface area contributed by atoms with Crippen molar-refractivity contribution in [2.24, 2.45) is 0 Å². The molecule has 0 bridgehead atoms. The molecule has 4 aromatic rings. The van der Waals surface area contributed by atoms with Crippen LogP contribution in [0, 0.1) is 5.82 Å². The fraction of sp³-hybridized carbons (Fsp3) is 0.429. The van der Waals surface area contributed by atoms with E-state index in [0.717, 1.165) is 48.6 Å². The van der Waals surface area contributed by atoms with Crippen molar-refractivity contribution in [3.8, 4) is 16.8 Å². The number of rotatable bonds is 6. The zero-order valence-corrected chi connectivity index (χ0v) is 26.5. The highest BCUT2D eigenvalue weighted by Gasteiger charge is 2.29. The van der Waals surface area contributed by atoms with Gasteiger partial charge in [-0.3, -0.25) is 14.3 Å². The zero-order valence-electron chi connectivity index (χ0n) is 26.5. The third-order valence-corrected chi connectivity index (χ3v) is 8.60. The van der Waals surface area contributed by atoms with Crippen LogP contribution in [0.2, 0.25) is 0 Å². The molecule has 11 heteroatoms. The maximum absolute atomic E-state index is 14.5. The fourth-order valence-corrected chi connectivity index (χ4v) is 6.44. The molecular weight excluding hydrogens is 589 g/mol. The average molecular weight is 630 g/mol. The molecule has 1 N–H and O–H groups in total. The van der Waals surface area contributed by atoms with Gasteiger partial charge in [0.1, 0.15) is 11.4 Å². The van der Waals surface area contributed by atoms with Gasteiger partial charge in [0.15, 0.2) is 5.65 Å². The summed E-state index contributed by atoms with van der Waals surface area (Å²) in [6.07, 6.45) is 2.62. The summed E-state index contributed by atoms with van der Waals surface area (Å²) in [6, 6.07) is 16.4. The lowest BCUT2D eigenvalue weighted by Crippen LogP contribution is -2.45. The van der Waals surface area contributed by atoms with Crippen molar-refractivity contribution < 1.29 is 18.7 Å². The Morgan fingerprint density at radius 2 is 1.76 bits per heavy atom. The number of benzene rings is 2. The van der Waals surface area contributed by atoms with Gasteiger partial charge in [-0.25, -0.2) is 23.5 Å². The number of halogens is 1. The number of ether oxygens (including phenoxy) is 2. The molecule has 0 spiro atoms. The minimum Gasteiger partial charge on any atom is -0.444 e. The molecule has 2 aliphatic rings. The van der Waals surface area contributed by atoms with Crippen molar-refractivity contribution in [2.75, 3.05) is 26.3 Å². The van der Waals surface area contributed by atoms with Gasteiger partial charge < -0.3 is 14.8 Å². The predicted molar refractivity (Wildman–Crippen MR) is 174 cm³/mol. The number of hydrogen-bond acceptors (Lipinski definition) is 7. The SMILES string of the molecule is CC(C)(C)OC(=O)NC1CCC(n2c(=O)c3cc(F)cnc3n(-c3cccc(-c4ccccc4CN4CCOCC4)c3)c2=O)CC1. The van der Waals surface area contributed by atoms with Crippen LogP contribution in [0.15, 0.2) is 70.4 Å². The summed E-state index contributed by atoms with van der Waals surface area (Å²) < 4.78 is 28.0. The summed E-state index contributed by atoms with van der Waals surface area (Å²) in [5.41, 5.74) is 2.02. The van der Waals surface area contributed by atoms with Crippen LogP contribution in [-0.4, -0.2) is 63.1 Å². The highest BCUT2D eigenvalue weighted by Crippen LogP contribution is 2.30. The van der Waals surface area contributed by atoms with Gasteiger partial charge in [-0.2, -0.15) is 0 Å². The quantitative estimate of drug-likeness (QED) is 0.313. The monoisotopic (exact) mass is 629 g/mol. The molecule has 2 aromatic heterocycles. The molecular formula is C35H40FN5O5. The van der Waals surface area contributed by atoms with Crippen LogP contribution in [-0.2, 0) is 16.0 Å². The van der Waals surface area contributed by atoms with Crippen molar-refractivity contribution in [2.45, 2.75) is 70.7 Å². The Bertz CT molecular complexity index is 1850. The Balaban J connectivity index is 1.35. The van der Waals surface area contributed by atoms with E-state index in [1.54, 1.807) is 26.8 Å². The van der Waals surface area contributed by atoms with E-state index in [0.29, 0.717) is 44.6 Å². The number of amides is 1. The molecule has 46 heavy (non-hydrogen) atoms. The van der Waals surface area contributed by atoms with Crippen LogP contribution in [0.3, 0.4) is 0 Å². The van der Waals surface area contributed by atoms with E-state index in [9.17, 15) is 18.8 Å². The first-order valence-electron chi connectivity index (χ1n) is 15.9. The van der Waals surface area contributed by atoms with E-state index in [1.165, 1.54) is 9.13 Å². The van der Waals surface area contributed by atoms with Gasteiger partial charge in [-0.1, -0.05) is 36.4 Å². The predicted octanol–water partition coefficient (Wildman–Crippen LogP) is 5.19. The van der Waals surface area contributed by atoms with E-state index in [1.807, 2.05) is 30.3 Å². The van der Waals surface area contributed by atoms with Crippen molar-refractivity contribution >= 4 is 17.1 Å². The van der Waals surface area contributed by atoms with Crippen LogP contribution in [0.25, 0.3) is 27.8 Å². The summed E-state index contributed by atoms with van der Waals surface area (Å²) in [7, 11) is 0. The summed E-state index contributed by atoms with van der Waals surface area (Å²) >= 11 is 0. The summed E-state index contributed by atoms with van der Waals surface area (Å²) in [5, 5.41) is 2.94. The first-order chi connectivity index (χ1) is 22.1. The molecule has 2 aromatic carbocycles. The lowest BCUT2D eigenvalue weighted by Gasteiger charge is -2.31. The average Bonchev–Trinajstić information content (AvgIpc) is 3.02. The first-order valence-corrected chi connectivity index (χ1v) is 15.9. The molecule has 0 unspecified atom stereocenters. The number of aromatic nitrogens is 3. The van der Waals surface area contributed by atoms with Gasteiger partial charge in [0.2, 0.25) is 0 Å². The molecule has 1 saturated carbocycles. The van der Waals surface area contributed by atoms with Gasteiger partial charge in [0.25, 0.3) is 5.56 Å². The minimum absolute atomic E-state index is 0.0340. The molecule has 0 radical (unpaired) electrons. The van der Waals surface area contributed by atoms with E-state index in [2.05, 4.69) is 27.3 Å². The van der Waals surface area contributed by atoms with E-state index in [4.69, 9.17) is 9.47 Å². The van der Waals surface area contributed by atoms with Crippen LogP contribution in [0.5, 0.6) is 0 Å². The lowest BCUT2D eigenvalue weighted by molar-refractivity contribution is 0.0342. The molecule has 10 nitrogen and oxygen atoms in total. The summed E-state index contributed by atoms with van der Waals surface area (Å²) in [6.45, 7) is 9.31. The maximum Gasteiger partial charge on any atom is 0.407 e. The standard InChI is InChI=1S/C35H40FN5O5/c1-35(2,3)46-33(43)38-26-11-13-27(14-12-26)41-32(42)30-20-25(36)21-37-31(30)40(34(41)44)28-9-6-8-23(19-28)29-10-5-4-7-24(29)22-39-15-17-45-18-16-39/h4-10,19-21,26-27H,11-18,22H2,1-3H3,(H,38,43). The van der Waals surface area contributed by atoms with Gasteiger partial charge >= 0.3 is 11.8 Å². The molecule has 242 valence electrons. The van der Waals surface area contributed by atoms with Crippen molar-refractivity contribution in [3.63, 3.8) is 0 Å². The van der Waals surface area contributed by atoms with E-state index < -0.39 is 34.8 Å². The molecule has 1 amide bonds. The molecule has 1 aliphatic heterocycles. The van der Waals surface area contributed by atoms with Gasteiger partial charge in [0.05, 0.1) is 30.5 Å². The fourth-order valence-electron chi connectivity index (χ4n) is 6.44. The Labute approximate surface area is 266 Å². The van der Waals surface area contributed by atoms with Crippen LogP contribution >= 0.6 is 0 Å². The number of nitrogens with one attached hydrogen (secondary N) is 1. The normalized spacial score (nSPS) is 19.2. The molecule has 0 atom stereocenters. The third kappa shape index (κ3) is 6.90. The van der Waals surface area contributed by atoms with E-state index in [-0.39, 0.29) is 17.1 Å². The largest absolute Gasteiger partial charge is 0.444 e. The number of carbonyl (C=O) groups is 1. The Morgan fingerprint density at radius 1 is 1.02 bits per heavy atom. The van der Waals surface area contributed by atoms with Gasteiger partial charge in [0, 0.05) is 31.7 Å². The number of pyridine rings is 1. The zero-order chi connectivity index (χ0) is 32.4. The summed E-state index contributed by atoms with van der Waals surface area (Å²) in [4.78, 5) is 46.9. The smallest absolute Gasteiger partial charge is 0.407 e. The van der Waals surface area contributed by atoms with Crippen LogP contribution in [0.1, 0.15) is 58.1 Å². The van der Waals surface area contributed by atoms with Crippen molar-refractivity contribution in [1.82, 2.24) is 24.3 Å². The maximum atomic E-state index is 14.5. The molecule has 3 heterocycles. The molecule has 1 saturated heterocycles. The van der Waals surface area contributed by atoms with Gasteiger partial charge in [-0.15, -0.1) is 0 Å². The summed E-state index contributed by atoms with van der Waals surface area (Å²) in [5.74, 6) is -0.655. The lowest BCUT2D eigenvalue weighted by atomic mass is 9.91. The third-order valence-electron chi connectivity index (χ3n) is 8.60. The van der Waals surface area contributed by atoms with Crippen molar-refractivity contribution in [3.05, 3.63) is 93.0 Å². The number of morpholine rings is 1. The number of nitrogens with zero attached hydrogens (tertiary/aromatic N) is 4. The molecule has 6 rings (SSSR count). The number of alkyl carbamates (subject to hydrolysis) is 1. The topological polar surface area (TPSA) is 108 Å². The number of fused-ring (bicyclic) bond motifs is 1. The Kier molecular flexibility index (Phi) is 9.06. The Morgan fingerprint density at radius 3 is 2.50 bits per heavy atom. The second kappa shape index (κ2) is 13.2. The second-order valence-electron chi connectivity index (χ2n) is 13.1. The van der Waals surface area contributed by atoms with Crippen LogP contribution in [0.4, 0.5) is 9.18 Å². The number of hydrogen-bond donors (Lipinski definition) is 1. The Hall–Kier alpha value is -4.35. The minimum atomic E-state index is -0.655. The van der Waals surface area contributed by atoms with E-state index >= 15 is 0 Å². The second-order valence-corrected chi connectivity index (χ2v) is 13.1.